The monoisotopic (exact) mass is 456 g/mol. The van der Waals surface area contributed by atoms with E-state index in [-0.39, 0.29) is 48.3 Å². The van der Waals surface area contributed by atoms with Gasteiger partial charge in [-0.25, -0.2) is 0 Å². The van der Waals surface area contributed by atoms with Crippen molar-refractivity contribution in [3.63, 3.8) is 0 Å². The van der Waals surface area contributed by atoms with Crippen molar-refractivity contribution in [2.75, 3.05) is 53.6 Å². The number of carbonyl (C=O) groups is 2. The number of ether oxygens (including phenoxy) is 2. The van der Waals surface area contributed by atoms with Gasteiger partial charge in [0.05, 0.1) is 25.7 Å². The number of esters is 1. The Morgan fingerprint density at radius 1 is 1.33 bits per heavy atom. The summed E-state index contributed by atoms with van der Waals surface area (Å²) < 4.78 is 9.97. The van der Waals surface area contributed by atoms with E-state index in [1.165, 1.54) is 0 Å². The van der Waals surface area contributed by atoms with Crippen molar-refractivity contribution in [3.8, 4) is 0 Å². The van der Waals surface area contributed by atoms with Gasteiger partial charge in [-0.2, -0.15) is 0 Å². The lowest BCUT2D eigenvalue weighted by molar-refractivity contribution is -0.149. The Kier molecular flexibility index (Phi) is 12.6. The molecule has 1 amide bonds. The van der Waals surface area contributed by atoms with Crippen LogP contribution in [-0.2, 0) is 19.1 Å². The Morgan fingerprint density at radius 2 is 2.08 bits per heavy atom. The first-order valence-electron chi connectivity index (χ1n) is 8.00. The van der Waals surface area contributed by atoms with Gasteiger partial charge in [-0.05, 0) is 19.8 Å². The van der Waals surface area contributed by atoms with E-state index >= 15 is 0 Å². The zero-order valence-electron chi connectivity index (χ0n) is 14.7. The number of aliphatic imine (C=N–C) groups is 1. The van der Waals surface area contributed by atoms with E-state index in [0.29, 0.717) is 32.3 Å². The van der Waals surface area contributed by atoms with Gasteiger partial charge in [0.1, 0.15) is 0 Å². The number of carbonyl (C=O) groups excluding carboxylic acids is 2. The molecule has 0 spiro atoms. The molecule has 1 saturated heterocycles. The minimum absolute atomic E-state index is 0. The number of hydrogen-bond acceptors (Lipinski definition) is 5. The molecule has 9 heteroatoms. The van der Waals surface area contributed by atoms with Gasteiger partial charge in [-0.15, -0.1) is 24.0 Å². The molecule has 0 aromatic carbocycles. The first-order chi connectivity index (χ1) is 11.1. The van der Waals surface area contributed by atoms with Gasteiger partial charge in [-0.1, -0.05) is 0 Å². The van der Waals surface area contributed by atoms with Crippen LogP contribution in [0.3, 0.4) is 0 Å². The Labute approximate surface area is 160 Å². The second kappa shape index (κ2) is 13.2. The molecule has 140 valence electrons. The zero-order valence-corrected chi connectivity index (χ0v) is 17.0. The topological polar surface area (TPSA) is 92.3 Å². The van der Waals surface area contributed by atoms with Crippen molar-refractivity contribution >= 4 is 41.8 Å². The van der Waals surface area contributed by atoms with Gasteiger partial charge in [0.25, 0.3) is 0 Å². The summed E-state index contributed by atoms with van der Waals surface area (Å²) in [5, 5.41) is 5.76. The molecular formula is C15H29IN4O4. The summed E-state index contributed by atoms with van der Waals surface area (Å²) in [6.45, 7) is 4.66. The highest BCUT2D eigenvalue weighted by Crippen LogP contribution is 2.17. The highest BCUT2D eigenvalue weighted by Gasteiger charge is 2.28. The molecule has 1 aliphatic rings. The molecule has 1 aliphatic heterocycles. The number of piperidine rings is 1. The summed E-state index contributed by atoms with van der Waals surface area (Å²) in [5.74, 6) is 0.200. The van der Waals surface area contributed by atoms with Crippen LogP contribution in [0.1, 0.15) is 19.8 Å². The number of nitrogens with zero attached hydrogens (tertiary/aromatic N) is 2. The Morgan fingerprint density at radius 3 is 2.71 bits per heavy atom. The van der Waals surface area contributed by atoms with E-state index in [0.717, 1.165) is 19.4 Å². The molecule has 1 heterocycles. The van der Waals surface area contributed by atoms with Crippen molar-refractivity contribution in [1.29, 1.82) is 0 Å². The Bertz CT molecular complexity index is 420. The maximum absolute atomic E-state index is 11.9. The summed E-state index contributed by atoms with van der Waals surface area (Å²) >= 11 is 0. The molecule has 0 aromatic rings. The Hall–Kier alpha value is -1.10. The fourth-order valence-electron chi connectivity index (χ4n) is 2.47. The van der Waals surface area contributed by atoms with Crippen LogP contribution in [0.25, 0.3) is 0 Å². The molecule has 24 heavy (non-hydrogen) atoms. The average molecular weight is 456 g/mol. The van der Waals surface area contributed by atoms with E-state index in [4.69, 9.17) is 9.47 Å². The first-order valence-corrected chi connectivity index (χ1v) is 8.00. The maximum Gasteiger partial charge on any atom is 0.310 e. The quantitative estimate of drug-likeness (QED) is 0.187. The fourth-order valence-corrected chi connectivity index (χ4v) is 2.47. The molecule has 0 aromatic heterocycles. The van der Waals surface area contributed by atoms with Gasteiger partial charge in [0, 0.05) is 33.8 Å². The van der Waals surface area contributed by atoms with Crippen molar-refractivity contribution in [1.82, 2.24) is 15.5 Å². The summed E-state index contributed by atoms with van der Waals surface area (Å²) in [6.07, 6.45) is 1.72. The number of hydrogen-bond donors (Lipinski definition) is 2. The molecular weight excluding hydrogens is 427 g/mol. The van der Waals surface area contributed by atoms with Gasteiger partial charge in [0.15, 0.2) is 5.96 Å². The maximum atomic E-state index is 11.9. The largest absolute Gasteiger partial charge is 0.466 e. The highest BCUT2D eigenvalue weighted by molar-refractivity contribution is 14.0. The number of guanidine groups is 1. The van der Waals surface area contributed by atoms with Crippen LogP contribution in [0.15, 0.2) is 4.99 Å². The van der Waals surface area contributed by atoms with Crippen LogP contribution < -0.4 is 10.6 Å². The minimum atomic E-state index is -0.162. The van der Waals surface area contributed by atoms with Gasteiger partial charge >= 0.3 is 5.97 Å². The molecule has 8 nitrogen and oxygen atoms in total. The van der Waals surface area contributed by atoms with Gasteiger partial charge < -0.3 is 25.0 Å². The predicted molar refractivity (Wildman–Crippen MR) is 103 cm³/mol. The third-order valence-electron chi connectivity index (χ3n) is 3.59. The van der Waals surface area contributed by atoms with Gasteiger partial charge in [-0.3, -0.25) is 14.6 Å². The number of rotatable bonds is 7. The van der Waals surface area contributed by atoms with Crippen molar-refractivity contribution < 1.29 is 19.1 Å². The van der Waals surface area contributed by atoms with Crippen LogP contribution in [0.4, 0.5) is 0 Å². The molecule has 1 unspecified atom stereocenters. The highest BCUT2D eigenvalue weighted by atomic mass is 127. The summed E-state index contributed by atoms with van der Waals surface area (Å²) in [6, 6.07) is 0. The van der Waals surface area contributed by atoms with Crippen LogP contribution in [-0.4, -0.2) is 76.3 Å². The van der Waals surface area contributed by atoms with E-state index in [9.17, 15) is 9.59 Å². The number of nitrogens with one attached hydrogen (secondary N) is 2. The van der Waals surface area contributed by atoms with Crippen LogP contribution >= 0.6 is 24.0 Å². The number of methoxy groups -OCH3 is 1. The standard InChI is InChI=1S/C15H28N4O4.HI/c1-4-23-14(21)12-6-5-8-19(11-12)15(16-2)18-10-13(20)17-7-9-22-3;/h12H,4-11H2,1-3H3,(H,16,18)(H,17,20);1H. The smallest absolute Gasteiger partial charge is 0.310 e. The summed E-state index contributed by atoms with van der Waals surface area (Å²) in [5.41, 5.74) is 0. The van der Waals surface area contributed by atoms with Crippen LogP contribution in [0.2, 0.25) is 0 Å². The van der Waals surface area contributed by atoms with Crippen LogP contribution in [0.5, 0.6) is 0 Å². The normalized spacial score (nSPS) is 17.7. The van der Waals surface area contributed by atoms with E-state index in [1.54, 1.807) is 21.1 Å². The van der Waals surface area contributed by atoms with Crippen molar-refractivity contribution in [2.45, 2.75) is 19.8 Å². The van der Waals surface area contributed by atoms with E-state index in [1.807, 2.05) is 4.90 Å². The minimum Gasteiger partial charge on any atom is -0.466 e. The molecule has 0 saturated carbocycles. The third kappa shape index (κ3) is 8.13. The SMILES string of the molecule is CCOC(=O)C1CCCN(C(=NC)NCC(=O)NCCOC)C1.I. The fraction of sp³-hybridized carbons (Fsp3) is 0.800. The Balaban J connectivity index is 0.00000529. The lowest BCUT2D eigenvalue weighted by atomic mass is 9.98. The van der Waals surface area contributed by atoms with Crippen LogP contribution in [0, 0.1) is 5.92 Å². The second-order valence-electron chi connectivity index (χ2n) is 5.28. The molecule has 0 radical (unpaired) electrons. The van der Waals surface area contributed by atoms with Crippen molar-refractivity contribution in [2.24, 2.45) is 10.9 Å². The number of halogens is 1. The number of amides is 1. The summed E-state index contributed by atoms with van der Waals surface area (Å²) in [4.78, 5) is 29.8. The molecule has 0 aliphatic carbocycles. The van der Waals surface area contributed by atoms with Crippen molar-refractivity contribution in [3.05, 3.63) is 0 Å². The third-order valence-corrected chi connectivity index (χ3v) is 3.59. The number of likely N-dealkylation sites (tertiary alicyclic amines) is 1. The van der Waals surface area contributed by atoms with E-state index in [2.05, 4.69) is 15.6 Å². The molecule has 1 rings (SSSR count). The lowest BCUT2D eigenvalue weighted by Gasteiger charge is -2.33. The molecule has 1 fully saturated rings. The average Bonchev–Trinajstić information content (AvgIpc) is 2.56. The zero-order chi connectivity index (χ0) is 17.1. The molecule has 2 N–H and O–H groups in total. The lowest BCUT2D eigenvalue weighted by Crippen LogP contribution is -2.50. The predicted octanol–water partition coefficient (Wildman–Crippen LogP) is 0.218. The second-order valence-corrected chi connectivity index (χ2v) is 5.28. The molecule has 0 bridgehead atoms. The van der Waals surface area contributed by atoms with Gasteiger partial charge in [0.2, 0.25) is 5.91 Å². The molecule has 1 atom stereocenters. The van der Waals surface area contributed by atoms with E-state index < -0.39 is 0 Å². The summed E-state index contributed by atoms with van der Waals surface area (Å²) in [7, 11) is 3.25. The first kappa shape index (κ1) is 22.9.